The minimum atomic E-state index is 0.883. The highest BCUT2D eigenvalue weighted by atomic mass is 15.1. The molecule has 0 saturated carbocycles. The predicted octanol–water partition coefficient (Wildman–Crippen LogP) is 1.04. The molecule has 1 aliphatic rings. The van der Waals surface area contributed by atoms with Crippen LogP contribution in [0, 0.1) is 11.8 Å². The van der Waals surface area contributed by atoms with Crippen molar-refractivity contribution in [3.63, 3.8) is 0 Å². The van der Waals surface area contributed by atoms with Crippen LogP contribution in [0.15, 0.2) is 0 Å². The summed E-state index contributed by atoms with van der Waals surface area (Å²) >= 11 is 0. The van der Waals surface area contributed by atoms with Crippen LogP contribution in [0.25, 0.3) is 0 Å². The van der Waals surface area contributed by atoms with Crippen LogP contribution >= 0.6 is 0 Å². The van der Waals surface area contributed by atoms with Crippen molar-refractivity contribution in [2.75, 3.05) is 40.3 Å². The number of hydrogen-bond acceptors (Lipinski definition) is 2. The minimum absolute atomic E-state index is 0.883. The van der Waals surface area contributed by atoms with E-state index in [0.29, 0.717) is 0 Å². The van der Waals surface area contributed by atoms with Crippen molar-refractivity contribution in [1.29, 1.82) is 0 Å². The lowest BCUT2D eigenvalue weighted by Gasteiger charge is -2.23. The maximum absolute atomic E-state index is 3.22. The number of nitrogens with zero attached hydrogens (tertiary/aromatic N) is 2. The van der Waals surface area contributed by atoms with Crippen molar-refractivity contribution in [3.8, 4) is 11.8 Å². The quantitative estimate of drug-likeness (QED) is 0.586. The van der Waals surface area contributed by atoms with Gasteiger partial charge in [0.1, 0.15) is 0 Å². The molecule has 0 aromatic carbocycles. The highest BCUT2D eigenvalue weighted by Crippen LogP contribution is 2.06. The van der Waals surface area contributed by atoms with E-state index in [0.717, 1.165) is 13.1 Å². The molecule has 2 nitrogen and oxygen atoms in total. The van der Waals surface area contributed by atoms with Crippen LogP contribution in [0.3, 0.4) is 0 Å². The Bertz CT molecular complexity index is 182. The molecule has 13 heavy (non-hydrogen) atoms. The lowest BCUT2D eigenvalue weighted by atomic mass is 10.1. The number of likely N-dealkylation sites (tertiary alicyclic amines) is 1. The SMILES string of the molecule is CN(C)CC#CCN1CCCCC1. The first-order valence-corrected chi connectivity index (χ1v) is 5.12. The van der Waals surface area contributed by atoms with Crippen LogP contribution in [-0.4, -0.2) is 50.1 Å². The lowest BCUT2D eigenvalue weighted by molar-refractivity contribution is 0.255. The van der Waals surface area contributed by atoms with Crippen LogP contribution in [0.4, 0.5) is 0 Å². The first-order chi connectivity index (χ1) is 6.29. The summed E-state index contributed by atoms with van der Waals surface area (Å²) in [5.74, 6) is 6.39. The molecule has 1 aliphatic heterocycles. The van der Waals surface area contributed by atoms with Crippen LogP contribution in [0.5, 0.6) is 0 Å². The highest BCUT2D eigenvalue weighted by Gasteiger charge is 2.07. The van der Waals surface area contributed by atoms with Gasteiger partial charge < -0.3 is 0 Å². The molecule has 0 aromatic rings. The maximum atomic E-state index is 3.22. The molecular weight excluding hydrogens is 160 g/mol. The summed E-state index contributed by atoms with van der Waals surface area (Å²) in [5.41, 5.74) is 0. The molecule has 0 spiro atoms. The smallest absolute Gasteiger partial charge is 0.0602 e. The third kappa shape index (κ3) is 4.92. The van der Waals surface area contributed by atoms with Crippen LogP contribution in [0.2, 0.25) is 0 Å². The molecule has 0 unspecified atom stereocenters. The first-order valence-electron chi connectivity index (χ1n) is 5.12. The Morgan fingerprint density at radius 2 is 1.77 bits per heavy atom. The summed E-state index contributed by atoms with van der Waals surface area (Å²) in [6.07, 6.45) is 4.12. The fourth-order valence-corrected chi connectivity index (χ4v) is 1.50. The van der Waals surface area contributed by atoms with Gasteiger partial charge in [-0.15, -0.1) is 0 Å². The minimum Gasteiger partial charge on any atom is -0.299 e. The Morgan fingerprint density at radius 1 is 1.08 bits per heavy atom. The summed E-state index contributed by atoms with van der Waals surface area (Å²) in [5, 5.41) is 0. The van der Waals surface area contributed by atoms with Crippen molar-refractivity contribution in [3.05, 3.63) is 0 Å². The molecule has 2 heteroatoms. The molecule has 74 valence electrons. The van der Waals surface area contributed by atoms with Crippen LogP contribution in [-0.2, 0) is 0 Å². The summed E-state index contributed by atoms with van der Waals surface area (Å²) in [4.78, 5) is 4.55. The lowest BCUT2D eigenvalue weighted by Crippen LogP contribution is -2.30. The fourth-order valence-electron chi connectivity index (χ4n) is 1.50. The Morgan fingerprint density at radius 3 is 2.38 bits per heavy atom. The van der Waals surface area contributed by atoms with Gasteiger partial charge in [0.05, 0.1) is 13.1 Å². The van der Waals surface area contributed by atoms with E-state index in [1.807, 2.05) is 0 Å². The van der Waals surface area contributed by atoms with Crippen molar-refractivity contribution < 1.29 is 0 Å². The normalized spacial score (nSPS) is 18.4. The van der Waals surface area contributed by atoms with Gasteiger partial charge in [0.2, 0.25) is 0 Å². The predicted molar refractivity (Wildman–Crippen MR) is 56.6 cm³/mol. The van der Waals surface area contributed by atoms with E-state index in [1.54, 1.807) is 0 Å². The summed E-state index contributed by atoms with van der Waals surface area (Å²) < 4.78 is 0. The third-order valence-corrected chi connectivity index (χ3v) is 2.27. The molecule has 0 atom stereocenters. The monoisotopic (exact) mass is 180 g/mol. The molecule has 0 radical (unpaired) electrons. The van der Waals surface area contributed by atoms with Gasteiger partial charge in [0.25, 0.3) is 0 Å². The maximum Gasteiger partial charge on any atom is 0.0602 e. The van der Waals surface area contributed by atoms with Crippen LogP contribution < -0.4 is 0 Å². The highest BCUT2D eigenvalue weighted by molar-refractivity contribution is 5.03. The van der Waals surface area contributed by atoms with Gasteiger partial charge in [-0.25, -0.2) is 0 Å². The van der Waals surface area contributed by atoms with Crippen LogP contribution in [0.1, 0.15) is 19.3 Å². The van der Waals surface area contributed by atoms with Gasteiger partial charge in [0, 0.05) is 0 Å². The second kappa shape index (κ2) is 6.01. The van der Waals surface area contributed by atoms with E-state index in [-0.39, 0.29) is 0 Å². The molecule has 1 saturated heterocycles. The number of hydrogen-bond donors (Lipinski definition) is 0. The summed E-state index contributed by atoms with van der Waals surface area (Å²) in [6, 6.07) is 0. The molecule has 1 heterocycles. The molecule has 1 fully saturated rings. The fraction of sp³-hybridized carbons (Fsp3) is 0.818. The van der Waals surface area contributed by atoms with E-state index < -0.39 is 0 Å². The molecule has 0 N–H and O–H groups in total. The molecule has 0 aliphatic carbocycles. The van der Waals surface area contributed by atoms with Crippen molar-refractivity contribution >= 4 is 0 Å². The zero-order chi connectivity index (χ0) is 9.52. The molecular formula is C11H20N2. The van der Waals surface area contributed by atoms with E-state index in [4.69, 9.17) is 0 Å². The standard InChI is InChI=1S/C11H20N2/c1-12(2)8-6-7-11-13-9-4-3-5-10-13/h3-5,8-11H2,1-2H3. The number of rotatable bonds is 2. The van der Waals surface area contributed by atoms with Gasteiger partial charge >= 0.3 is 0 Å². The summed E-state index contributed by atoms with van der Waals surface area (Å²) in [7, 11) is 4.10. The van der Waals surface area contributed by atoms with Gasteiger partial charge in [-0.05, 0) is 40.0 Å². The zero-order valence-electron chi connectivity index (χ0n) is 8.84. The van der Waals surface area contributed by atoms with Crippen molar-refractivity contribution in [2.24, 2.45) is 0 Å². The van der Waals surface area contributed by atoms with Gasteiger partial charge in [-0.1, -0.05) is 18.3 Å². The Labute approximate surface area is 81.9 Å². The topological polar surface area (TPSA) is 6.48 Å². The largest absolute Gasteiger partial charge is 0.299 e. The van der Waals surface area contributed by atoms with E-state index in [9.17, 15) is 0 Å². The van der Waals surface area contributed by atoms with E-state index in [2.05, 4.69) is 35.7 Å². The second-order valence-electron chi connectivity index (χ2n) is 3.93. The van der Waals surface area contributed by atoms with E-state index >= 15 is 0 Å². The molecule has 1 rings (SSSR count). The van der Waals surface area contributed by atoms with Gasteiger partial charge in [-0.3, -0.25) is 9.80 Å². The Kier molecular flexibility index (Phi) is 4.88. The average molecular weight is 180 g/mol. The zero-order valence-corrected chi connectivity index (χ0v) is 8.84. The van der Waals surface area contributed by atoms with Gasteiger partial charge in [-0.2, -0.15) is 0 Å². The first kappa shape index (κ1) is 10.6. The number of piperidine rings is 1. The Hall–Kier alpha value is -0.520. The third-order valence-electron chi connectivity index (χ3n) is 2.27. The molecule has 0 bridgehead atoms. The molecule has 0 amide bonds. The van der Waals surface area contributed by atoms with Crippen molar-refractivity contribution in [1.82, 2.24) is 9.80 Å². The second-order valence-corrected chi connectivity index (χ2v) is 3.93. The van der Waals surface area contributed by atoms with Gasteiger partial charge in [0.15, 0.2) is 0 Å². The Balaban J connectivity index is 2.11. The molecule has 0 aromatic heterocycles. The van der Waals surface area contributed by atoms with Crippen molar-refractivity contribution in [2.45, 2.75) is 19.3 Å². The van der Waals surface area contributed by atoms with E-state index in [1.165, 1.54) is 32.4 Å². The average Bonchev–Trinajstić information content (AvgIpc) is 2.14. The summed E-state index contributed by atoms with van der Waals surface area (Å²) in [6.45, 7) is 4.34.